The zero-order chi connectivity index (χ0) is 22.5. The molecule has 1 aromatic carbocycles. The molecule has 4 heteroatoms. The predicted molar refractivity (Wildman–Crippen MR) is 139 cm³/mol. The molecule has 2 aliphatic rings. The Morgan fingerprint density at radius 1 is 1.06 bits per heavy atom. The molecule has 0 radical (unpaired) electrons. The molecular formula is C29H34N2OS. The molecule has 0 amide bonds. The first-order chi connectivity index (χ1) is 16.3. The highest BCUT2D eigenvalue weighted by Crippen LogP contribution is 2.34. The van der Waals surface area contributed by atoms with Crippen molar-refractivity contribution in [3.05, 3.63) is 71.4 Å². The SMILES string of the molecule is O=C(C1CCCCCC1)C(CCN1CC=C(c2cc3ccccc3s2)CC1)c1ccccn1. The van der Waals surface area contributed by atoms with Gasteiger partial charge in [0.2, 0.25) is 0 Å². The Hall–Kier alpha value is -2.30. The molecule has 1 aliphatic carbocycles. The van der Waals surface area contributed by atoms with Crippen LogP contribution in [0.15, 0.2) is 60.8 Å². The number of pyridine rings is 1. The second-order valence-corrected chi connectivity index (χ2v) is 10.7. The number of carbonyl (C=O) groups excluding carboxylic acids is 1. The Bertz CT molecular complexity index is 1060. The molecule has 3 nitrogen and oxygen atoms in total. The normalized spacial score (nSPS) is 19.2. The van der Waals surface area contributed by atoms with Crippen LogP contribution in [0.2, 0.25) is 0 Å². The lowest BCUT2D eigenvalue weighted by atomic mass is 9.83. The summed E-state index contributed by atoms with van der Waals surface area (Å²) >= 11 is 1.90. The fourth-order valence-corrected chi connectivity index (χ4v) is 6.59. The third kappa shape index (κ3) is 5.44. The van der Waals surface area contributed by atoms with E-state index in [4.69, 9.17) is 0 Å². The molecule has 172 valence electrons. The number of fused-ring (bicyclic) bond motifs is 1. The number of hydrogen-bond donors (Lipinski definition) is 0. The molecule has 0 N–H and O–H groups in total. The summed E-state index contributed by atoms with van der Waals surface area (Å²) in [7, 11) is 0. The first kappa shape index (κ1) is 22.5. The number of Topliss-reactive ketones (excluding diaryl/α,β-unsaturated/α-hetero) is 1. The number of nitrogens with zero attached hydrogens (tertiary/aromatic N) is 2. The minimum absolute atomic E-state index is 0.0673. The lowest BCUT2D eigenvalue weighted by Gasteiger charge is -2.28. The molecule has 5 rings (SSSR count). The molecule has 1 aliphatic heterocycles. The molecular weight excluding hydrogens is 424 g/mol. The molecule has 3 heterocycles. The lowest BCUT2D eigenvalue weighted by molar-refractivity contribution is -0.125. The van der Waals surface area contributed by atoms with Crippen LogP contribution in [0, 0.1) is 5.92 Å². The van der Waals surface area contributed by atoms with E-state index < -0.39 is 0 Å². The molecule has 0 bridgehead atoms. The average Bonchev–Trinajstić information content (AvgIpc) is 3.11. The number of rotatable bonds is 7. The maximum atomic E-state index is 13.6. The molecule has 2 aromatic heterocycles. The van der Waals surface area contributed by atoms with Gasteiger partial charge in [-0.1, -0.05) is 56.0 Å². The molecule has 0 saturated heterocycles. The van der Waals surface area contributed by atoms with Crippen LogP contribution < -0.4 is 0 Å². The van der Waals surface area contributed by atoms with Crippen molar-refractivity contribution in [2.45, 2.75) is 57.3 Å². The Labute approximate surface area is 201 Å². The Kier molecular flexibility index (Phi) is 7.33. The lowest BCUT2D eigenvalue weighted by Crippen LogP contribution is -2.32. The van der Waals surface area contributed by atoms with Gasteiger partial charge in [0.15, 0.2) is 0 Å². The van der Waals surface area contributed by atoms with Crippen LogP contribution in [0.5, 0.6) is 0 Å². The van der Waals surface area contributed by atoms with Crippen LogP contribution in [0.25, 0.3) is 15.7 Å². The van der Waals surface area contributed by atoms with Crippen LogP contribution in [-0.2, 0) is 4.79 Å². The van der Waals surface area contributed by atoms with E-state index in [2.05, 4.69) is 52.4 Å². The number of thiophene rings is 1. The van der Waals surface area contributed by atoms with E-state index in [9.17, 15) is 4.79 Å². The first-order valence-corrected chi connectivity index (χ1v) is 13.4. The Balaban J connectivity index is 1.24. The summed E-state index contributed by atoms with van der Waals surface area (Å²) in [6.45, 7) is 2.98. The van der Waals surface area contributed by atoms with Crippen LogP contribution in [-0.4, -0.2) is 35.3 Å². The Morgan fingerprint density at radius 2 is 1.88 bits per heavy atom. The van der Waals surface area contributed by atoms with Crippen LogP contribution >= 0.6 is 11.3 Å². The molecule has 1 unspecified atom stereocenters. The van der Waals surface area contributed by atoms with Gasteiger partial charge in [-0.05, 0) is 67.5 Å². The van der Waals surface area contributed by atoms with E-state index in [-0.39, 0.29) is 11.8 Å². The number of benzene rings is 1. The molecule has 0 spiro atoms. The van der Waals surface area contributed by atoms with Crippen molar-refractivity contribution >= 4 is 32.8 Å². The minimum atomic E-state index is -0.0673. The van der Waals surface area contributed by atoms with Gasteiger partial charge in [-0.3, -0.25) is 14.7 Å². The molecule has 33 heavy (non-hydrogen) atoms. The summed E-state index contributed by atoms with van der Waals surface area (Å²) in [6, 6.07) is 17.0. The summed E-state index contributed by atoms with van der Waals surface area (Å²) in [5.41, 5.74) is 2.44. The van der Waals surface area contributed by atoms with Crippen molar-refractivity contribution in [1.29, 1.82) is 0 Å². The van der Waals surface area contributed by atoms with E-state index in [1.54, 1.807) is 0 Å². The van der Waals surface area contributed by atoms with Crippen molar-refractivity contribution < 1.29 is 4.79 Å². The maximum Gasteiger partial charge on any atom is 0.145 e. The van der Waals surface area contributed by atoms with Gasteiger partial charge in [-0.25, -0.2) is 0 Å². The second-order valence-electron chi connectivity index (χ2n) is 9.62. The van der Waals surface area contributed by atoms with E-state index in [1.165, 1.54) is 46.2 Å². The number of ketones is 1. The van der Waals surface area contributed by atoms with Gasteiger partial charge in [0.1, 0.15) is 5.78 Å². The standard InChI is InChI=1S/C29H34N2OS/c32-29(23-9-3-1-2-4-10-23)25(26-12-7-8-17-30-26)16-20-31-18-14-22(15-19-31)28-21-24-11-5-6-13-27(24)33-28/h5-8,11-14,17,21,23,25H,1-4,9-10,15-16,18-20H2. The highest BCUT2D eigenvalue weighted by molar-refractivity contribution is 7.20. The number of hydrogen-bond acceptors (Lipinski definition) is 4. The highest BCUT2D eigenvalue weighted by atomic mass is 32.1. The minimum Gasteiger partial charge on any atom is -0.299 e. The first-order valence-electron chi connectivity index (χ1n) is 12.6. The van der Waals surface area contributed by atoms with Crippen LogP contribution in [0.3, 0.4) is 0 Å². The molecule has 1 saturated carbocycles. The summed E-state index contributed by atoms with van der Waals surface area (Å²) in [5, 5.41) is 1.34. The summed E-state index contributed by atoms with van der Waals surface area (Å²) in [6.07, 6.45) is 13.3. The van der Waals surface area contributed by atoms with Crippen molar-refractivity contribution in [3.8, 4) is 0 Å². The smallest absolute Gasteiger partial charge is 0.145 e. The van der Waals surface area contributed by atoms with Crippen molar-refractivity contribution in [2.75, 3.05) is 19.6 Å². The summed E-state index contributed by atoms with van der Waals surface area (Å²) in [5.74, 6) is 0.594. The number of aromatic nitrogens is 1. The zero-order valence-electron chi connectivity index (χ0n) is 19.4. The monoisotopic (exact) mass is 458 g/mol. The van der Waals surface area contributed by atoms with Gasteiger partial charge in [0.25, 0.3) is 0 Å². The van der Waals surface area contributed by atoms with Crippen molar-refractivity contribution in [2.24, 2.45) is 5.92 Å². The summed E-state index contributed by atoms with van der Waals surface area (Å²) in [4.78, 5) is 22.1. The molecule has 3 aromatic rings. The fraction of sp³-hybridized carbons (Fsp3) is 0.448. The van der Waals surface area contributed by atoms with Gasteiger partial charge < -0.3 is 0 Å². The molecule has 1 fully saturated rings. The predicted octanol–water partition coefficient (Wildman–Crippen LogP) is 7.10. The topological polar surface area (TPSA) is 33.2 Å². The largest absolute Gasteiger partial charge is 0.299 e. The third-order valence-corrected chi connectivity index (χ3v) is 8.61. The van der Waals surface area contributed by atoms with Crippen molar-refractivity contribution in [1.82, 2.24) is 9.88 Å². The van der Waals surface area contributed by atoms with E-state index in [1.807, 2.05) is 29.7 Å². The van der Waals surface area contributed by atoms with Gasteiger partial charge in [-0.15, -0.1) is 11.3 Å². The van der Waals surface area contributed by atoms with Gasteiger partial charge >= 0.3 is 0 Å². The number of carbonyl (C=O) groups is 1. The van der Waals surface area contributed by atoms with E-state index in [0.717, 1.165) is 51.0 Å². The second kappa shape index (κ2) is 10.8. The van der Waals surface area contributed by atoms with Gasteiger partial charge in [0.05, 0.1) is 11.6 Å². The van der Waals surface area contributed by atoms with Crippen molar-refractivity contribution in [3.63, 3.8) is 0 Å². The highest BCUT2D eigenvalue weighted by Gasteiger charge is 2.30. The Morgan fingerprint density at radius 3 is 2.61 bits per heavy atom. The van der Waals surface area contributed by atoms with Gasteiger partial charge in [0, 0.05) is 34.8 Å². The maximum absolute atomic E-state index is 13.6. The third-order valence-electron chi connectivity index (χ3n) is 7.42. The van der Waals surface area contributed by atoms with Crippen LogP contribution in [0.4, 0.5) is 0 Å². The molecule has 1 atom stereocenters. The van der Waals surface area contributed by atoms with Crippen LogP contribution in [0.1, 0.15) is 67.9 Å². The van der Waals surface area contributed by atoms with E-state index >= 15 is 0 Å². The average molecular weight is 459 g/mol. The fourth-order valence-electron chi connectivity index (χ4n) is 5.46. The summed E-state index contributed by atoms with van der Waals surface area (Å²) < 4.78 is 1.37. The quantitative estimate of drug-likeness (QED) is 0.354. The van der Waals surface area contributed by atoms with Gasteiger partial charge in [-0.2, -0.15) is 0 Å². The zero-order valence-corrected chi connectivity index (χ0v) is 20.2. The van der Waals surface area contributed by atoms with E-state index in [0.29, 0.717) is 5.78 Å².